The van der Waals surface area contributed by atoms with Gasteiger partial charge in [-0.25, -0.2) is 9.78 Å². The number of aromatic nitrogens is 1. The fourth-order valence-corrected chi connectivity index (χ4v) is 2.09. The van der Waals surface area contributed by atoms with Gasteiger partial charge in [0.25, 0.3) is 0 Å². The van der Waals surface area contributed by atoms with Crippen molar-refractivity contribution in [2.75, 3.05) is 13.2 Å². The number of hydrogen-bond donors (Lipinski definition) is 3. The van der Waals surface area contributed by atoms with E-state index >= 15 is 0 Å². The van der Waals surface area contributed by atoms with Crippen LogP contribution >= 0.6 is 11.3 Å². The molecule has 0 aliphatic heterocycles. The summed E-state index contributed by atoms with van der Waals surface area (Å²) in [6.07, 6.45) is 3.62. The van der Waals surface area contributed by atoms with E-state index in [9.17, 15) is 4.79 Å². The van der Waals surface area contributed by atoms with Crippen molar-refractivity contribution in [3.8, 4) is 0 Å². The first-order valence-corrected chi connectivity index (χ1v) is 6.56. The molecule has 0 aromatic carbocycles. The monoisotopic (exact) mass is 257 g/mol. The second-order valence-electron chi connectivity index (χ2n) is 3.81. The molecule has 0 fully saturated rings. The van der Waals surface area contributed by atoms with Gasteiger partial charge in [0.1, 0.15) is 0 Å². The molecule has 3 N–H and O–H groups in total. The van der Waals surface area contributed by atoms with Crippen LogP contribution in [0.15, 0.2) is 6.20 Å². The van der Waals surface area contributed by atoms with Crippen LogP contribution in [0.3, 0.4) is 0 Å². The molecule has 17 heavy (non-hydrogen) atoms. The highest BCUT2D eigenvalue weighted by Gasteiger charge is 2.05. The summed E-state index contributed by atoms with van der Waals surface area (Å²) in [5.41, 5.74) is 0. The van der Waals surface area contributed by atoms with Crippen molar-refractivity contribution in [2.24, 2.45) is 0 Å². The Morgan fingerprint density at radius 3 is 3.00 bits per heavy atom. The molecule has 0 saturated heterocycles. The lowest BCUT2D eigenvalue weighted by Gasteiger charge is -2.11. The zero-order valence-corrected chi connectivity index (χ0v) is 11.0. The summed E-state index contributed by atoms with van der Waals surface area (Å²) in [4.78, 5) is 16.8. The summed E-state index contributed by atoms with van der Waals surface area (Å²) in [5, 5.41) is 15.1. The van der Waals surface area contributed by atoms with Gasteiger partial charge in [-0.1, -0.05) is 6.92 Å². The summed E-state index contributed by atoms with van der Waals surface area (Å²) < 4.78 is 0. The van der Waals surface area contributed by atoms with Crippen LogP contribution in [0.2, 0.25) is 0 Å². The number of carbonyl (C=O) groups is 1. The Balaban J connectivity index is 2.21. The Hall–Kier alpha value is -1.14. The minimum absolute atomic E-state index is 0.0558. The highest BCUT2D eigenvalue weighted by molar-refractivity contribution is 7.11. The topological polar surface area (TPSA) is 74.2 Å². The highest BCUT2D eigenvalue weighted by atomic mass is 32.1. The van der Waals surface area contributed by atoms with Crippen molar-refractivity contribution in [3.05, 3.63) is 16.1 Å². The maximum Gasteiger partial charge on any atom is 0.315 e. The van der Waals surface area contributed by atoms with Crippen molar-refractivity contribution in [2.45, 2.75) is 32.7 Å². The van der Waals surface area contributed by atoms with E-state index in [1.54, 1.807) is 18.3 Å². The number of urea groups is 1. The lowest BCUT2D eigenvalue weighted by Crippen LogP contribution is -2.42. The number of thiazole rings is 1. The molecule has 1 rings (SSSR count). The molecule has 1 aromatic rings. The Bertz CT molecular complexity index is 354. The average Bonchev–Trinajstić information content (AvgIpc) is 2.76. The molecule has 0 aliphatic rings. The predicted octanol–water partition coefficient (Wildman–Crippen LogP) is 0.928. The third-order valence-electron chi connectivity index (χ3n) is 2.23. The van der Waals surface area contributed by atoms with Gasteiger partial charge in [0.05, 0.1) is 17.7 Å². The molecule has 0 saturated carbocycles. The number of aliphatic hydroxyl groups is 1. The van der Waals surface area contributed by atoms with Gasteiger partial charge < -0.3 is 15.7 Å². The first kappa shape index (κ1) is 13.9. The number of nitrogens with one attached hydrogen (secondary N) is 2. The maximum atomic E-state index is 11.3. The van der Waals surface area contributed by atoms with Crippen molar-refractivity contribution in [1.82, 2.24) is 15.6 Å². The van der Waals surface area contributed by atoms with Crippen molar-refractivity contribution >= 4 is 17.4 Å². The summed E-state index contributed by atoms with van der Waals surface area (Å²) >= 11 is 1.68. The third kappa shape index (κ3) is 5.14. The Morgan fingerprint density at radius 2 is 2.41 bits per heavy atom. The number of nitrogens with zero attached hydrogens (tertiary/aromatic N) is 1. The lowest BCUT2D eigenvalue weighted by molar-refractivity contribution is 0.220. The number of aryl methyl sites for hydroxylation is 1. The van der Waals surface area contributed by atoms with Gasteiger partial charge in [0.2, 0.25) is 0 Å². The molecule has 1 atom stereocenters. The summed E-state index contributed by atoms with van der Waals surface area (Å²) in [6.45, 7) is 4.34. The average molecular weight is 257 g/mol. The number of hydrogen-bond acceptors (Lipinski definition) is 4. The molecule has 0 bridgehead atoms. The summed E-state index contributed by atoms with van der Waals surface area (Å²) in [7, 11) is 0. The SMILES string of the molecule is CCc1cnc(CCNC(=O)N[C@@H](C)CO)s1. The molecular weight excluding hydrogens is 238 g/mol. The number of amides is 2. The number of carbonyl (C=O) groups excluding carboxylic acids is 1. The van der Waals surface area contributed by atoms with Gasteiger partial charge in [-0.3, -0.25) is 0 Å². The normalized spacial score (nSPS) is 12.2. The minimum Gasteiger partial charge on any atom is -0.394 e. The number of aliphatic hydroxyl groups excluding tert-OH is 1. The van der Waals surface area contributed by atoms with Gasteiger partial charge in [-0.15, -0.1) is 11.3 Å². The van der Waals surface area contributed by atoms with E-state index in [1.807, 2.05) is 6.20 Å². The third-order valence-corrected chi connectivity index (χ3v) is 3.43. The predicted molar refractivity (Wildman–Crippen MR) is 68.3 cm³/mol. The van der Waals surface area contributed by atoms with E-state index < -0.39 is 0 Å². The van der Waals surface area contributed by atoms with E-state index in [-0.39, 0.29) is 18.7 Å². The minimum atomic E-state index is -0.251. The highest BCUT2D eigenvalue weighted by Crippen LogP contribution is 2.13. The van der Waals surface area contributed by atoms with Crippen molar-refractivity contribution in [3.63, 3.8) is 0 Å². The van der Waals surface area contributed by atoms with E-state index in [0.717, 1.165) is 17.8 Å². The summed E-state index contributed by atoms with van der Waals surface area (Å²) in [6, 6.07) is -0.472. The first-order chi connectivity index (χ1) is 8.15. The molecule has 96 valence electrons. The lowest BCUT2D eigenvalue weighted by atomic mass is 10.4. The van der Waals surface area contributed by atoms with Crippen LogP contribution in [0.1, 0.15) is 23.7 Å². The second kappa shape index (κ2) is 7.24. The van der Waals surface area contributed by atoms with Crippen LogP contribution in [-0.4, -0.2) is 35.3 Å². The van der Waals surface area contributed by atoms with Gasteiger partial charge in [0.15, 0.2) is 0 Å². The zero-order valence-electron chi connectivity index (χ0n) is 10.2. The van der Waals surface area contributed by atoms with E-state index in [1.165, 1.54) is 4.88 Å². The standard InChI is InChI=1S/C11H19N3O2S/c1-3-9-6-13-10(17-9)4-5-12-11(16)14-8(2)7-15/h6,8,15H,3-5,7H2,1-2H3,(H2,12,14,16)/t8-/m0/s1. The second-order valence-corrected chi connectivity index (χ2v) is 5.01. The Kier molecular flexibility index (Phi) is 5.93. The summed E-state index contributed by atoms with van der Waals surface area (Å²) in [5.74, 6) is 0. The smallest absolute Gasteiger partial charge is 0.315 e. The maximum absolute atomic E-state index is 11.3. The van der Waals surface area contributed by atoms with Crippen LogP contribution in [0, 0.1) is 0 Å². The van der Waals surface area contributed by atoms with Crippen LogP contribution < -0.4 is 10.6 Å². The number of rotatable bonds is 6. The molecule has 1 heterocycles. The van der Waals surface area contributed by atoms with Gasteiger partial charge in [0, 0.05) is 24.0 Å². The Labute approximate surface area is 105 Å². The molecule has 1 aromatic heterocycles. The Morgan fingerprint density at radius 1 is 1.65 bits per heavy atom. The van der Waals surface area contributed by atoms with E-state index in [2.05, 4.69) is 22.5 Å². The van der Waals surface area contributed by atoms with Gasteiger partial charge in [-0.2, -0.15) is 0 Å². The van der Waals surface area contributed by atoms with E-state index in [4.69, 9.17) is 5.11 Å². The fraction of sp³-hybridized carbons (Fsp3) is 0.636. The molecule has 0 spiro atoms. The molecule has 0 aliphatic carbocycles. The molecule has 5 nitrogen and oxygen atoms in total. The van der Waals surface area contributed by atoms with Crippen LogP contribution in [0.5, 0.6) is 0 Å². The van der Waals surface area contributed by atoms with Crippen LogP contribution in [0.4, 0.5) is 4.79 Å². The molecule has 0 unspecified atom stereocenters. The van der Waals surface area contributed by atoms with Crippen molar-refractivity contribution in [1.29, 1.82) is 0 Å². The van der Waals surface area contributed by atoms with Crippen LogP contribution in [0.25, 0.3) is 0 Å². The van der Waals surface area contributed by atoms with E-state index in [0.29, 0.717) is 6.54 Å². The molecule has 6 heteroatoms. The van der Waals surface area contributed by atoms with Crippen molar-refractivity contribution < 1.29 is 9.90 Å². The fourth-order valence-electron chi connectivity index (χ4n) is 1.23. The first-order valence-electron chi connectivity index (χ1n) is 5.74. The molecule has 2 amide bonds. The van der Waals surface area contributed by atoms with Gasteiger partial charge >= 0.3 is 6.03 Å². The molecule has 0 radical (unpaired) electrons. The largest absolute Gasteiger partial charge is 0.394 e. The van der Waals surface area contributed by atoms with Gasteiger partial charge in [-0.05, 0) is 13.3 Å². The van der Waals surface area contributed by atoms with Crippen LogP contribution in [-0.2, 0) is 12.8 Å². The quantitative estimate of drug-likeness (QED) is 0.709. The molecular formula is C11H19N3O2S. The zero-order chi connectivity index (χ0) is 12.7.